The minimum atomic E-state index is -0.216. The third-order valence-electron chi connectivity index (χ3n) is 2.92. The van der Waals surface area contributed by atoms with Crippen molar-refractivity contribution in [1.82, 2.24) is 0 Å². The van der Waals surface area contributed by atoms with Crippen LogP contribution in [0.5, 0.6) is 5.75 Å². The second-order valence-electron chi connectivity index (χ2n) is 4.48. The SMILES string of the molecule is COCc1cccc(OC(CN)c2cccc(Cl)c2)c1. The molecule has 2 N–H and O–H groups in total. The standard InChI is InChI=1S/C16H18ClNO2/c1-19-11-12-4-2-7-15(8-12)20-16(10-18)13-5-3-6-14(17)9-13/h2-9,16H,10-11,18H2,1H3. The molecule has 0 saturated carbocycles. The van der Waals surface area contributed by atoms with Gasteiger partial charge < -0.3 is 15.2 Å². The summed E-state index contributed by atoms with van der Waals surface area (Å²) in [5, 5.41) is 0.678. The van der Waals surface area contributed by atoms with E-state index < -0.39 is 0 Å². The molecule has 0 amide bonds. The molecule has 2 rings (SSSR count). The molecule has 0 radical (unpaired) electrons. The maximum absolute atomic E-state index is 6.00. The topological polar surface area (TPSA) is 44.5 Å². The molecule has 4 heteroatoms. The van der Waals surface area contributed by atoms with Gasteiger partial charge in [-0.05, 0) is 35.4 Å². The van der Waals surface area contributed by atoms with Crippen molar-refractivity contribution in [2.75, 3.05) is 13.7 Å². The van der Waals surface area contributed by atoms with E-state index in [1.54, 1.807) is 7.11 Å². The fourth-order valence-corrected chi connectivity index (χ4v) is 2.20. The Bertz CT molecular complexity index is 560. The fourth-order valence-electron chi connectivity index (χ4n) is 2.00. The van der Waals surface area contributed by atoms with Gasteiger partial charge in [0.2, 0.25) is 0 Å². The summed E-state index contributed by atoms with van der Waals surface area (Å²) >= 11 is 6.00. The third kappa shape index (κ3) is 3.97. The average molecular weight is 292 g/mol. The molecule has 2 aromatic rings. The first-order valence-electron chi connectivity index (χ1n) is 6.43. The predicted molar refractivity (Wildman–Crippen MR) is 81.0 cm³/mol. The van der Waals surface area contributed by atoms with Crippen molar-refractivity contribution < 1.29 is 9.47 Å². The molecule has 0 aliphatic heterocycles. The first-order chi connectivity index (χ1) is 9.72. The molecule has 0 aliphatic rings. The molecule has 0 heterocycles. The Labute approximate surface area is 124 Å². The van der Waals surface area contributed by atoms with Gasteiger partial charge in [0, 0.05) is 18.7 Å². The van der Waals surface area contributed by atoms with E-state index in [1.807, 2.05) is 48.5 Å². The van der Waals surface area contributed by atoms with Crippen LogP contribution in [0.15, 0.2) is 48.5 Å². The number of rotatable bonds is 6. The Morgan fingerprint density at radius 1 is 1.15 bits per heavy atom. The molecule has 1 unspecified atom stereocenters. The van der Waals surface area contributed by atoms with Crippen molar-refractivity contribution in [3.8, 4) is 5.75 Å². The summed E-state index contributed by atoms with van der Waals surface area (Å²) in [6.07, 6.45) is -0.216. The molecule has 0 bridgehead atoms. The van der Waals surface area contributed by atoms with Crippen LogP contribution in [0.3, 0.4) is 0 Å². The molecule has 0 saturated heterocycles. The Hall–Kier alpha value is -1.55. The first-order valence-corrected chi connectivity index (χ1v) is 6.81. The highest BCUT2D eigenvalue weighted by Gasteiger charge is 2.12. The minimum absolute atomic E-state index is 0.216. The third-order valence-corrected chi connectivity index (χ3v) is 3.16. The number of ether oxygens (including phenoxy) is 2. The van der Waals surface area contributed by atoms with E-state index >= 15 is 0 Å². The van der Waals surface area contributed by atoms with Crippen LogP contribution in [-0.4, -0.2) is 13.7 Å². The second kappa shape index (κ2) is 7.29. The molecule has 0 spiro atoms. The van der Waals surface area contributed by atoms with Crippen LogP contribution < -0.4 is 10.5 Å². The molecule has 3 nitrogen and oxygen atoms in total. The van der Waals surface area contributed by atoms with Gasteiger partial charge in [-0.3, -0.25) is 0 Å². The van der Waals surface area contributed by atoms with E-state index in [-0.39, 0.29) is 6.10 Å². The predicted octanol–water partition coefficient (Wildman–Crippen LogP) is 3.57. The maximum atomic E-state index is 6.00. The van der Waals surface area contributed by atoms with E-state index in [9.17, 15) is 0 Å². The van der Waals surface area contributed by atoms with Crippen molar-refractivity contribution in [2.45, 2.75) is 12.7 Å². The zero-order valence-electron chi connectivity index (χ0n) is 11.4. The summed E-state index contributed by atoms with van der Waals surface area (Å²) in [7, 11) is 1.67. The molecular formula is C16H18ClNO2. The van der Waals surface area contributed by atoms with Crippen LogP contribution in [0.4, 0.5) is 0 Å². The van der Waals surface area contributed by atoms with Gasteiger partial charge in [0.15, 0.2) is 0 Å². The second-order valence-corrected chi connectivity index (χ2v) is 4.91. The molecule has 20 heavy (non-hydrogen) atoms. The van der Waals surface area contributed by atoms with E-state index in [4.69, 9.17) is 26.8 Å². The lowest BCUT2D eigenvalue weighted by atomic mass is 10.1. The number of nitrogens with two attached hydrogens (primary N) is 1. The molecule has 0 aromatic heterocycles. The normalized spacial score (nSPS) is 12.2. The number of hydrogen-bond acceptors (Lipinski definition) is 3. The first kappa shape index (κ1) is 14.9. The number of benzene rings is 2. The summed E-state index contributed by atoms with van der Waals surface area (Å²) in [4.78, 5) is 0. The van der Waals surface area contributed by atoms with Crippen LogP contribution >= 0.6 is 11.6 Å². The van der Waals surface area contributed by atoms with Crippen molar-refractivity contribution in [3.63, 3.8) is 0 Å². The van der Waals surface area contributed by atoms with Crippen LogP contribution in [0.25, 0.3) is 0 Å². The number of halogens is 1. The van der Waals surface area contributed by atoms with Gasteiger partial charge in [0.25, 0.3) is 0 Å². The van der Waals surface area contributed by atoms with Gasteiger partial charge in [-0.25, -0.2) is 0 Å². The van der Waals surface area contributed by atoms with Crippen molar-refractivity contribution >= 4 is 11.6 Å². The van der Waals surface area contributed by atoms with Crippen LogP contribution in [-0.2, 0) is 11.3 Å². The summed E-state index contributed by atoms with van der Waals surface area (Å²) in [6.45, 7) is 0.941. The Morgan fingerprint density at radius 3 is 2.65 bits per heavy atom. The largest absolute Gasteiger partial charge is 0.484 e. The fraction of sp³-hybridized carbons (Fsp3) is 0.250. The summed E-state index contributed by atoms with van der Waals surface area (Å²) in [6, 6.07) is 15.4. The smallest absolute Gasteiger partial charge is 0.136 e. The average Bonchev–Trinajstić information content (AvgIpc) is 2.45. The number of hydrogen-bond donors (Lipinski definition) is 1. The van der Waals surface area contributed by atoms with Gasteiger partial charge in [-0.15, -0.1) is 0 Å². The molecule has 106 valence electrons. The number of methoxy groups -OCH3 is 1. The lowest BCUT2D eigenvalue weighted by molar-refractivity contribution is 0.183. The highest BCUT2D eigenvalue weighted by molar-refractivity contribution is 6.30. The minimum Gasteiger partial charge on any atom is -0.484 e. The van der Waals surface area contributed by atoms with Crippen LogP contribution in [0, 0.1) is 0 Å². The lowest BCUT2D eigenvalue weighted by Crippen LogP contribution is -2.18. The van der Waals surface area contributed by atoms with E-state index in [0.717, 1.165) is 16.9 Å². The molecule has 0 aliphatic carbocycles. The summed E-state index contributed by atoms with van der Waals surface area (Å²) in [5.41, 5.74) is 7.84. The van der Waals surface area contributed by atoms with Gasteiger partial charge in [0.05, 0.1) is 6.61 Å². The van der Waals surface area contributed by atoms with Gasteiger partial charge in [-0.1, -0.05) is 35.9 Å². The molecule has 0 fully saturated rings. The quantitative estimate of drug-likeness (QED) is 0.885. The van der Waals surface area contributed by atoms with Crippen molar-refractivity contribution in [1.29, 1.82) is 0 Å². The van der Waals surface area contributed by atoms with Gasteiger partial charge >= 0.3 is 0 Å². The Balaban J connectivity index is 2.15. The molecular weight excluding hydrogens is 274 g/mol. The van der Waals surface area contributed by atoms with Crippen LogP contribution in [0.2, 0.25) is 5.02 Å². The zero-order chi connectivity index (χ0) is 14.4. The summed E-state index contributed by atoms with van der Waals surface area (Å²) in [5.74, 6) is 0.773. The lowest BCUT2D eigenvalue weighted by Gasteiger charge is -2.18. The zero-order valence-corrected chi connectivity index (χ0v) is 12.1. The van der Waals surface area contributed by atoms with E-state index in [1.165, 1.54) is 0 Å². The maximum Gasteiger partial charge on any atom is 0.136 e. The van der Waals surface area contributed by atoms with Gasteiger partial charge in [0.1, 0.15) is 11.9 Å². The Morgan fingerprint density at radius 2 is 1.95 bits per heavy atom. The molecule has 2 aromatic carbocycles. The van der Waals surface area contributed by atoms with Crippen LogP contribution in [0.1, 0.15) is 17.2 Å². The monoisotopic (exact) mass is 291 g/mol. The highest BCUT2D eigenvalue weighted by Crippen LogP contribution is 2.24. The Kier molecular flexibility index (Phi) is 5.41. The van der Waals surface area contributed by atoms with Crippen molar-refractivity contribution in [3.05, 3.63) is 64.7 Å². The van der Waals surface area contributed by atoms with Gasteiger partial charge in [-0.2, -0.15) is 0 Å². The highest BCUT2D eigenvalue weighted by atomic mass is 35.5. The summed E-state index contributed by atoms with van der Waals surface area (Å²) < 4.78 is 11.1. The molecule has 1 atom stereocenters. The van der Waals surface area contributed by atoms with E-state index in [0.29, 0.717) is 18.2 Å². The van der Waals surface area contributed by atoms with Crippen molar-refractivity contribution in [2.24, 2.45) is 5.73 Å². The van der Waals surface area contributed by atoms with E-state index in [2.05, 4.69) is 0 Å².